The van der Waals surface area contributed by atoms with Gasteiger partial charge in [0.25, 0.3) is 0 Å². The number of primary amides is 1. The number of Topliss-reactive ketones (excluding diaryl/α,β-unsaturated/α-hetero) is 1. The molecule has 0 radical (unpaired) electrons. The maximum atomic E-state index is 11.2. The van der Waals surface area contributed by atoms with Crippen LogP contribution < -0.4 is 11.1 Å². The molecule has 0 aromatic rings. The van der Waals surface area contributed by atoms with E-state index >= 15 is 0 Å². The van der Waals surface area contributed by atoms with Gasteiger partial charge in [-0.3, -0.25) is 9.59 Å². The van der Waals surface area contributed by atoms with Crippen LogP contribution in [0.4, 0.5) is 0 Å². The van der Waals surface area contributed by atoms with Crippen molar-refractivity contribution in [3.63, 3.8) is 0 Å². The van der Waals surface area contributed by atoms with Gasteiger partial charge in [-0.2, -0.15) is 0 Å². The van der Waals surface area contributed by atoms with Crippen LogP contribution in [0.3, 0.4) is 0 Å². The fraction of sp³-hybridized carbons (Fsp3) is 0.636. The Hall–Kier alpha value is -1.34. The van der Waals surface area contributed by atoms with E-state index < -0.39 is 11.8 Å². The summed E-state index contributed by atoms with van der Waals surface area (Å²) in [6.07, 6.45) is 0. The Bertz CT molecular complexity index is 301. The molecule has 0 spiro atoms. The van der Waals surface area contributed by atoms with Gasteiger partial charge in [-0.05, 0) is 27.8 Å². The minimum atomic E-state index is -0.475. The second kappa shape index (κ2) is 6.20. The van der Waals surface area contributed by atoms with E-state index in [0.717, 1.165) is 0 Å². The van der Waals surface area contributed by atoms with E-state index in [0.29, 0.717) is 0 Å². The van der Waals surface area contributed by atoms with Gasteiger partial charge in [0.05, 0.1) is 12.0 Å². The summed E-state index contributed by atoms with van der Waals surface area (Å²) in [5, 5.41) is 2.89. The molecule has 0 aliphatic rings. The molecule has 3 atom stereocenters. The Kier molecular flexibility index (Phi) is 5.65. The molecule has 3 unspecified atom stereocenters. The Labute approximate surface area is 90.6 Å². The molecule has 0 saturated heterocycles. The fourth-order valence-corrected chi connectivity index (χ4v) is 1.22. The first-order chi connectivity index (χ1) is 6.90. The van der Waals surface area contributed by atoms with Crippen LogP contribution in [0.15, 0.2) is 0 Å². The Morgan fingerprint density at radius 3 is 2.13 bits per heavy atom. The molecule has 0 rings (SSSR count). The zero-order valence-electron chi connectivity index (χ0n) is 9.63. The number of rotatable bonds is 4. The number of hydrogen-bond acceptors (Lipinski definition) is 3. The molecule has 0 aromatic carbocycles. The number of hydrogen-bond donors (Lipinski definition) is 2. The van der Waals surface area contributed by atoms with Crippen molar-refractivity contribution in [1.29, 1.82) is 0 Å². The van der Waals surface area contributed by atoms with Crippen LogP contribution in [0.1, 0.15) is 20.8 Å². The quantitative estimate of drug-likeness (QED) is 0.638. The average Bonchev–Trinajstić information content (AvgIpc) is 2.14. The molecule has 0 fully saturated rings. The number of nitrogens with two attached hydrogens (primary N) is 1. The number of carbonyl (C=O) groups is 2. The summed E-state index contributed by atoms with van der Waals surface area (Å²) < 4.78 is 0. The van der Waals surface area contributed by atoms with Gasteiger partial charge in [0.15, 0.2) is 0 Å². The highest BCUT2D eigenvalue weighted by Gasteiger charge is 2.17. The number of likely N-dealkylation sites (N-methyl/N-ethyl adjacent to an activating group) is 1. The molecule has 0 heterocycles. The summed E-state index contributed by atoms with van der Waals surface area (Å²) in [6.45, 7) is 4.99. The highest BCUT2D eigenvalue weighted by atomic mass is 16.1. The van der Waals surface area contributed by atoms with Crippen LogP contribution in [0, 0.1) is 23.7 Å². The van der Waals surface area contributed by atoms with Crippen molar-refractivity contribution in [3.05, 3.63) is 0 Å². The minimum Gasteiger partial charge on any atom is -0.369 e. The maximum absolute atomic E-state index is 11.2. The van der Waals surface area contributed by atoms with E-state index in [1.54, 1.807) is 14.0 Å². The summed E-state index contributed by atoms with van der Waals surface area (Å²) in [5.74, 6) is 4.58. The van der Waals surface area contributed by atoms with E-state index in [1.807, 2.05) is 6.92 Å². The van der Waals surface area contributed by atoms with Crippen LogP contribution in [-0.4, -0.2) is 24.8 Å². The standard InChI is InChI=1S/C11H18N2O2/c1-7(10(13-4)9(3)14)5-6-8(2)11(12)15/h7-8,10,13H,1-4H3,(H2,12,15). The van der Waals surface area contributed by atoms with Crippen LogP contribution in [-0.2, 0) is 9.59 Å². The highest BCUT2D eigenvalue weighted by molar-refractivity contribution is 5.82. The van der Waals surface area contributed by atoms with Gasteiger partial charge >= 0.3 is 0 Å². The van der Waals surface area contributed by atoms with Crippen molar-refractivity contribution in [2.45, 2.75) is 26.8 Å². The summed E-state index contributed by atoms with van der Waals surface area (Å²) in [5.41, 5.74) is 5.07. The van der Waals surface area contributed by atoms with Gasteiger partial charge in [0.1, 0.15) is 5.78 Å². The topological polar surface area (TPSA) is 72.2 Å². The largest absolute Gasteiger partial charge is 0.369 e. The lowest BCUT2D eigenvalue weighted by atomic mass is 9.98. The van der Waals surface area contributed by atoms with E-state index in [1.165, 1.54) is 6.92 Å². The molecule has 4 nitrogen and oxygen atoms in total. The normalized spacial score (nSPS) is 15.7. The van der Waals surface area contributed by atoms with Gasteiger partial charge in [-0.1, -0.05) is 11.8 Å². The van der Waals surface area contributed by atoms with E-state index in [4.69, 9.17) is 5.73 Å². The Morgan fingerprint density at radius 1 is 1.27 bits per heavy atom. The van der Waals surface area contributed by atoms with Crippen molar-refractivity contribution in [2.75, 3.05) is 7.05 Å². The lowest BCUT2D eigenvalue weighted by Crippen LogP contribution is -2.37. The molecule has 84 valence electrons. The molecule has 0 bridgehead atoms. The maximum Gasteiger partial charge on any atom is 0.232 e. The van der Waals surface area contributed by atoms with Crippen molar-refractivity contribution in [3.8, 4) is 11.8 Å². The molecule has 0 aliphatic carbocycles. The highest BCUT2D eigenvalue weighted by Crippen LogP contribution is 2.03. The minimum absolute atomic E-state index is 0.0334. The molecule has 0 saturated carbocycles. The average molecular weight is 210 g/mol. The zero-order valence-corrected chi connectivity index (χ0v) is 9.63. The number of amides is 1. The lowest BCUT2D eigenvalue weighted by Gasteiger charge is -2.15. The van der Waals surface area contributed by atoms with Gasteiger partial charge in [0, 0.05) is 5.92 Å². The van der Waals surface area contributed by atoms with Crippen LogP contribution >= 0.6 is 0 Å². The van der Waals surface area contributed by atoms with Crippen molar-refractivity contribution in [2.24, 2.45) is 17.6 Å². The van der Waals surface area contributed by atoms with Crippen molar-refractivity contribution < 1.29 is 9.59 Å². The fourth-order valence-electron chi connectivity index (χ4n) is 1.22. The molecular weight excluding hydrogens is 192 g/mol. The third-order valence-corrected chi connectivity index (χ3v) is 2.20. The summed E-state index contributed by atoms with van der Waals surface area (Å²) in [4.78, 5) is 21.9. The predicted octanol–water partition coefficient (Wildman–Crippen LogP) is -0.0757. The second-order valence-electron chi connectivity index (χ2n) is 3.58. The second-order valence-corrected chi connectivity index (χ2v) is 3.58. The summed E-state index contributed by atoms with van der Waals surface area (Å²) in [7, 11) is 1.71. The number of carbonyl (C=O) groups excluding carboxylic acids is 2. The van der Waals surface area contributed by atoms with Crippen LogP contribution in [0.25, 0.3) is 0 Å². The molecule has 15 heavy (non-hydrogen) atoms. The molecule has 0 aromatic heterocycles. The van der Waals surface area contributed by atoms with Crippen molar-refractivity contribution in [1.82, 2.24) is 5.32 Å². The van der Waals surface area contributed by atoms with Gasteiger partial charge < -0.3 is 11.1 Å². The Balaban J connectivity index is 4.51. The SMILES string of the molecule is CNC(C(C)=O)C(C)C#CC(C)C(N)=O. The number of ketones is 1. The Morgan fingerprint density at radius 2 is 1.80 bits per heavy atom. The number of nitrogens with one attached hydrogen (secondary N) is 1. The monoisotopic (exact) mass is 210 g/mol. The zero-order chi connectivity index (χ0) is 12.0. The van der Waals surface area contributed by atoms with Crippen molar-refractivity contribution >= 4 is 11.7 Å². The predicted molar refractivity (Wildman–Crippen MR) is 58.8 cm³/mol. The first-order valence-corrected chi connectivity index (χ1v) is 4.88. The van der Waals surface area contributed by atoms with Gasteiger partial charge in [0.2, 0.25) is 5.91 Å². The van der Waals surface area contributed by atoms with Crippen LogP contribution in [0.5, 0.6) is 0 Å². The lowest BCUT2D eigenvalue weighted by molar-refractivity contribution is -0.120. The van der Waals surface area contributed by atoms with E-state index in [2.05, 4.69) is 17.2 Å². The van der Waals surface area contributed by atoms with Gasteiger partial charge in [-0.25, -0.2) is 0 Å². The summed E-state index contributed by atoms with van der Waals surface area (Å²) >= 11 is 0. The smallest absolute Gasteiger partial charge is 0.232 e. The molecule has 0 aliphatic heterocycles. The molecule has 1 amide bonds. The third kappa shape index (κ3) is 4.61. The van der Waals surface area contributed by atoms with E-state index in [9.17, 15) is 9.59 Å². The summed E-state index contributed by atoms with van der Waals surface area (Å²) in [6, 6.07) is -0.294. The molecule has 4 heteroatoms. The first-order valence-electron chi connectivity index (χ1n) is 4.88. The first kappa shape index (κ1) is 13.7. The molecule has 3 N–H and O–H groups in total. The molecular formula is C11H18N2O2. The van der Waals surface area contributed by atoms with E-state index in [-0.39, 0.29) is 17.7 Å². The third-order valence-electron chi connectivity index (χ3n) is 2.20. The van der Waals surface area contributed by atoms with Gasteiger partial charge in [-0.15, -0.1) is 0 Å². The van der Waals surface area contributed by atoms with Crippen LogP contribution in [0.2, 0.25) is 0 Å².